The molecule has 0 fully saturated rings. The molecule has 6 heteroatoms. The molecule has 0 saturated heterocycles. The Balaban J connectivity index is 2.28. The van der Waals surface area contributed by atoms with E-state index in [2.05, 4.69) is 37.0 Å². The zero-order valence-corrected chi connectivity index (χ0v) is 16.5. The van der Waals surface area contributed by atoms with Gasteiger partial charge in [-0.15, -0.1) is 0 Å². The molecule has 0 unspecified atom stereocenters. The van der Waals surface area contributed by atoms with E-state index in [0.717, 1.165) is 29.3 Å². The molecule has 0 aliphatic rings. The highest BCUT2D eigenvalue weighted by Crippen LogP contribution is 2.26. The van der Waals surface area contributed by atoms with Crippen molar-refractivity contribution in [3.8, 4) is 11.3 Å². The first-order chi connectivity index (χ1) is 11.2. The number of carbonyl (C=O) groups excluding carboxylic acids is 1. The normalized spacial score (nSPS) is 12.0. The molecule has 0 N–H and O–H groups in total. The van der Waals surface area contributed by atoms with Crippen LogP contribution >= 0.6 is 0 Å². The summed E-state index contributed by atoms with van der Waals surface area (Å²) in [6.07, 6.45) is 2.65. The van der Waals surface area contributed by atoms with Crippen molar-refractivity contribution in [3.63, 3.8) is 0 Å². The van der Waals surface area contributed by atoms with Gasteiger partial charge in [0.15, 0.2) is 14.6 Å². The van der Waals surface area contributed by atoms with Crippen molar-refractivity contribution in [2.24, 2.45) is 13.0 Å². The summed E-state index contributed by atoms with van der Waals surface area (Å²) >= 11 is 0. The van der Waals surface area contributed by atoms with Crippen molar-refractivity contribution in [2.45, 2.75) is 46.5 Å². The molecule has 0 aliphatic carbocycles. The van der Waals surface area contributed by atoms with Crippen molar-refractivity contribution in [2.75, 3.05) is 0 Å². The maximum atomic E-state index is 11.7. The van der Waals surface area contributed by atoms with Crippen molar-refractivity contribution >= 4 is 14.6 Å². The topological polar surface area (TPSA) is 57.0 Å². The second kappa shape index (κ2) is 7.40. The van der Waals surface area contributed by atoms with Gasteiger partial charge in [0.1, 0.15) is 0 Å². The lowest BCUT2D eigenvalue weighted by Crippen LogP contribution is -2.31. The van der Waals surface area contributed by atoms with Crippen LogP contribution in [0.25, 0.3) is 11.3 Å². The van der Waals surface area contributed by atoms with Crippen molar-refractivity contribution in [1.29, 1.82) is 0 Å². The fraction of sp³-hybridized carbons (Fsp3) is 0.500. The van der Waals surface area contributed by atoms with Crippen LogP contribution in [-0.2, 0) is 18.1 Å². The molecule has 0 atom stereocenters. The molecule has 130 valence electrons. The van der Waals surface area contributed by atoms with Gasteiger partial charge in [0.25, 0.3) is 0 Å². The molecule has 0 aromatic carbocycles. The Bertz CT molecular complexity index is 706. The van der Waals surface area contributed by atoms with E-state index >= 15 is 0 Å². The first-order valence-corrected chi connectivity index (χ1v) is 11.4. The minimum atomic E-state index is -1.76. The Kier molecular flexibility index (Phi) is 5.72. The van der Waals surface area contributed by atoms with Crippen LogP contribution in [0.3, 0.4) is 0 Å². The van der Waals surface area contributed by atoms with Crippen LogP contribution < -0.4 is 0 Å². The number of rotatable bonds is 7. The average Bonchev–Trinajstić information content (AvgIpc) is 2.81. The summed E-state index contributed by atoms with van der Waals surface area (Å²) in [4.78, 5) is 16.0. The predicted octanol–water partition coefficient (Wildman–Crippen LogP) is 3.98. The summed E-state index contributed by atoms with van der Waals surface area (Å²) in [6, 6.07) is 4.99. The van der Waals surface area contributed by atoms with Gasteiger partial charge in [0, 0.05) is 24.5 Å². The lowest BCUT2D eigenvalue weighted by molar-refractivity contribution is 0.112. The van der Waals surface area contributed by atoms with Crippen LogP contribution in [0.2, 0.25) is 19.1 Å². The maximum Gasteiger partial charge on any atom is 0.187 e. The van der Waals surface area contributed by atoms with E-state index in [1.54, 1.807) is 10.9 Å². The SMILES string of the molecule is Cc1ccc(-c2c(C=O)c(CO[Si](C)(C)CC(C)C)nn2C)cn1. The van der Waals surface area contributed by atoms with Gasteiger partial charge < -0.3 is 4.43 Å². The molecule has 0 aliphatic heterocycles. The van der Waals surface area contributed by atoms with Crippen molar-refractivity contribution < 1.29 is 9.22 Å². The number of nitrogens with zero attached hydrogens (tertiary/aromatic N) is 3. The molecule has 5 nitrogen and oxygen atoms in total. The van der Waals surface area contributed by atoms with Gasteiger partial charge >= 0.3 is 0 Å². The number of aromatic nitrogens is 3. The molecular weight excluding hydrogens is 318 g/mol. The van der Waals surface area contributed by atoms with E-state index in [9.17, 15) is 4.79 Å². The minimum absolute atomic E-state index is 0.382. The Hall–Kier alpha value is -1.79. The van der Waals surface area contributed by atoms with Crippen LogP contribution in [0.4, 0.5) is 0 Å². The summed E-state index contributed by atoms with van der Waals surface area (Å²) in [7, 11) is 0.0923. The molecule has 24 heavy (non-hydrogen) atoms. The number of aryl methyl sites for hydroxylation is 2. The van der Waals surface area contributed by atoms with Gasteiger partial charge in [-0.25, -0.2) is 0 Å². The quantitative estimate of drug-likeness (QED) is 0.562. The highest BCUT2D eigenvalue weighted by Gasteiger charge is 2.26. The monoisotopic (exact) mass is 345 g/mol. The molecule has 0 bridgehead atoms. The van der Waals surface area contributed by atoms with Crippen LogP contribution in [0.1, 0.15) is 35.6 Å². The summed E-state index contributed by atoms with van der Waals surface area (Å²) in [5.74, 6) is 0.607. The lowest BCUT2D eigenvalue weighted by atomic mass is 10.1. The molecule has 2 rings (SSSR count). The van der Waals surface area contributed by atoms with E-state index in [4.69, 9.17) is 4.43 Å². The zero-order chi connectivity index (χ0) is 17.9. The van der Waals surface area contributed by atoms with Crippen LogP contribution in [0, 0.1) is 12.8 Å². The fourth-order valence-electron chi connectivity index (χ4n) is 3.08. The number of pyridine rings is 1. The molecular formula is C18H27N3O2Si. The fourth-order valence-corrected chi connectivity index (χ4v) is 5.69. The van der Waals surface area contributed by atoms with E-state index in [0.29, 0.717) is 23.8 Å². The number of hydrogen-bond donors (Lipinski definition) is 0. The van der Waals surface area contributed by atoms with Crippen molar-refractivity contribution in [3.05, 3.63) is 35.3 Å². The largest absolute Gasteiger partial charge is 0.411 e. The molecule has 0 radical (unpaired) electrons. The zero-order valence-electron chi connectivity index (χ0n) is 15.5. The second-order valence-corrected chi connectivity index (χ2v) is 11.5. The van der Waals surface area contributed by atoms with Crippen LogP contribution in [0.5, 0.6) is 0 Å². The average molecular weight is 346 g/mol. The summed E-state index contributed by atoms with van der Waals surface area (Å²) in [5, 5.41) is 4.52. The number of carbonyl (C=O) groups is 1. The third-order valence-corrected chi connectivity index (χ3v) is 6.69. The van der Waals surface area contributed by atoms with Crippen LogP contribution in [-0.4, -0.2) is 29.4 Å². The summed E-state index contributed by atoms with van der Waals surface area (Å²) < 4.78 is 7.92. The maximum absolute atomic E-state index is 11.7. The Morgan fingerprint density at radius 2 is 2.04 bits per heavy atom. The first-order valence-electron chi connectivity index (χ1n) is 8.31. The van der Waals surface area contributed by atoms with Gasteiger partial charge in [0.2, 0.25) is 0 Å². The van der Waals surface area contributed by atoms with Crippen molar-refractivity contribution in [1.82, 2.24) is 14.8 Å². The van der Waals surface area contributed by atoms with Gasteiger partial charge in [-0.1, -0.05) is 13.8 Å². The smallest absolute Gasteiger partial charge is 0.187 e. The van der Waals surface area contributed by atoms with E-state index < -0.39 is 8.32 Å². The van der Waals surface area contributed by atoms with Gasteiger partial charge in [-0.05, 0) is 44.1 Å². The summed E-state index contributed by atoms with van der Waals surface area (Å²) in [5.41, 5.74) is 3.92. The van der Waals surface area contributed by atoms with E-state index in [1.807, 2.05) is 26.1 Å². The molecule has 2 aromatic rings. The first kappa shape index (κ1) is 18.5. The molecule has 0 saturated carbocycles. The number of hydrogen-bond acceptors (Lipinski definition) is 4. The van der Waals surface area contributed by atoms with Gasteiger partial charge in [-0.3, -0.25) is 14.5 Å². The third kappa shape index (κ3) is 4.39. The number of aldehydes is 1. The highest BCUT2D eigenvalue weighted by atomic mass is 28.4. The van der Waals surface area contributed by atoms with Crippen LogP contribution in [0.15, 0.2) is 18.3 Å². The Morgan fingerprint density at radius 3 is 2.58 bits per heavy atom. The third-order valence-electron chi connectivity index (χ3n) is 3.96. The van der Waals surface area contributed by atoms with Gasteiger partial charge in [-0.2, -0.15) is 5.10 Å². The molecule has 2 heterocycles. The second-order valence-electron chi connectivity index (χ2n) is 7.29. The summed E-state index contributed by atoms with van der Waals surface area (Å²) in [6.45, 7) is 11.2. The molecule has 0 spiro atoms. The Morgan fingerprint density at radius 1 is 1.33 bits per heavy atom. The molecule has 0 amide bonds. The minimum Gasteiger partial charge on any atom is -0.411 e. The predicted molar refractivity (Wildman–Crippen MR) is 98.5 cm³/mol. The molecule has 2 aromatic heterocycles. The van der Waals surface area contributed by atoms with E-state index in [-0.39, 0.29) is 0 Å². The Labute approximate surface area is 145 Å². The standard InChI is InChI=1S/C18H27N3O2Si/c1-13(2)12-24(5,6)23-11-17-16(10-22)18(21(4)20-17)15-8-7-14(3)19-9-15/h7-10,13H,11-12H2,1-6H3. The highest BCUT2D eigenvalue weighted by molar-refractivity contribution is 6.71. The van der Waals surface area contributed by atoms with Gasteiger partial charge in [0.05, 0.1) is 23.6 Å². The van der Waals surface area contributed by atoms with E-state index in [1.165, 1.54) is 0 Å². The lowest BCUT2D eigenvalue weighted by Gasteiger charge is -2.24.